The molecule has 0 saturated carbocycles. The number of amides is 2. The Labute approximate surface area is 152 Å². The minimum absolute atomic E-state index is 0.140. The zero-order chi connectivity index (χ0) is 18.5. The summed E-state index contributed by atoms with van der Waals surface area (Å²) in [5.74, 6) is 0.261. The highest BCUT2D eigenvalue weighted by molar-refractivity contribution is 5.95. The highest BCUT2D eigenvalue weighted by Gasteiger charge is 2.15. The van der Waals surface area contributed by atoms with Crippen molar-refractivity contribution in [2.75, 3.05) is 10.6 Å². The number of hydrogen-bond donors (Lipinski definition) is 2. The average molecular weight is 348 g/mol. The quantitative estimate of drug-likeness (QED) is 0.726. The van der Waals surface area contributed by atoms with Crippen molar-refractivity contribution in [3.05, 3.63) is 66.7 Å². The van der Waals surface area contributed by atoms with E-state index in [0.29, 0.717) is 17.1 Å². The van der Waals surface area contributed by atoms with Crippen molar-refractivity contribution in [1.82, 2.24) is 0 Å². The second-order valence-corrected chi connectivity index (χ2v) is 6.02. The molecule has 0 spiro atoms. The molecule has 0 aromatic heterocycles. The van der Waals surface area contributed by atoms with E-state index in [1.807, 2.05) is 42.5 Å². The molecular weight excluding hydrogens is 328 g/mol. The van der Waals surface area contributed by atoms with Crippen molar-refractivity contribution in [3.63, 3.8) is 0 Å². The maximum atomic E-state index is 12.3. The summed E-state index contributed by atoms with van der Waals surface area (Å²) in [5.41, 5.74) is 1.31. The van der Waals surface area contributed by atoms with E-state index in [9.17, 15) is 9.59 Å². The van der Waals surface area contributed by atoms with Gasteiger partial charge < -0.3 is 15.4 Å². The van der Waals surface area contributed by atoms with Gasteiger partial charge in [-0.1, -0.05) is 30.3 Å². The van der Waals surface area contributed by atoms with Crippen LogP contribution in [-0.2, 0) is 9.59 Å². The van der Waals surface area contributed by atoms with E-state index < -0.39 is 6.10 Å². The first kappa shape index (κ1) is 17.5. The van der Waals surface area contributed by atoms with Crippen LogP contribution in [0.4, 0.5) is 11.4 Å². The molecule has 26 heavy (non-hydrogen) atoms. The molecule has 0 saturated heterocycles. The fourth-order valence-corrected chi connectivity index (χ4v) is 2.58. The molecule has 132 valence electrons. The molecule has 3 aromatic carbocycles. The number of fused-ring (bicyclic) bond motifs is 1. The van der Waals surface area contributed by atoms with Crippen molar-refractivity contribution in [1.29, 1.82) is 0 Å². The van der Waals surface area contributed by atoms with Crippen molar-refractivity contribution >= 4 is 34.0 Å². The van der Waals surface area contributed by atoms with Crippen LogP contribution in [0.15, 0.2) is 66.7 Å². The highest BCUT2D eigenvalue weighted by atomic mass is 16.5. The number of hydrogen-bond acceptors (Lipinski definition) is 3. The van der Waals surface area contributed by atoms with Gasteiger partial charge in [-0.15, -0.1) is 0 Å². The van der Waals surface area contributed by atoms with Crippen LogP contribution in [0.3, 0.4) is 0 Å². The van der Waals surface area contributed by atoms with Crippen molar-refractivity contribution in [2.24, 2.45) is 0 Å². The fraction of sp³-hybridized carbons (Fsp3) is 0.143. The standard InChI is InChI=1S/C21H20N2O3/c1-14(26-20-12-7-16-5-3-4-6-17(16)13-20)21(25)23-19-10-8-18(9-11-19)22-15(2)24/h3-14H,1-2H3,(H,22,24)(H,23,25). The Balaban J connectivity index is 1.62. The Bertz CT molecular complexity index is 935. The van der Waals surface area contributed by atoms with E-state index in [1.165, 1.54) is 6.92 Å². The Kier molecular flexibility index (Phi) is 5.17. The lowest BCUT2D eigenvalue weighted by atomic mass is 10.1. The Hall–Kier alpha value is -3.34. The average Bonchev–Trinajstić information content (AvgIpc) is 2.62. The third kappa shape index (κ3) is 4.39. The lowest BCUT2D eigenvalue weighted by molar-refractivity contribution is -0.122. The van der Waals surface area contributed by atoms with Crippen LogP contribution in [0.5, 0.6) is 5.75 Å². The first-order valence-corrected chi connectivity index (χ1v) is 8.35. The van der Waals surface area contributed by atoms with Gasteiger partial charge in [0.15, 0.2) is 6.10 Å². The molecular formula is C21H20N2O3. The van der Waals surface area contributed by atoms with Crippen molar-refractivity contribution in [3.8, 4) is 5.75 Å². The van der Waals surface area contributed by atoms with Gasteiger partial charge >= 0.3 is 0 Å². The minimum atomic E-state index is -0.647. The molecule has 0 bridgehead atoms. The van der Waals surface area contributed by atoms with Gasteiger partial charge in [0.2, 0.25) is 5.91 Å². The lowest BCUT2D eigenvalue weighted by Gasteiger charge is -2.15. The zero-order valence-electron chi connectivity index (χ0n) is 14.7. The minimum Gasteiger partial charge on any atom is -0.481 e. The van der Waals surface area contributed by atoms with Gasteiger partial charge in [0.25, 0.3) is 5.91 Å². The summed E-state index contributed by atoms with van der Waals surface area (Å²) < 4.78 is 5.76. The van der Waals surface area contributed by atoms with Crippen LogP contribution in [0.2, 0.25) is 0 Å². The summed E-state index contributed by atoms with van der Waals surface area (Å²) in [7, 11) is 0. The smallest absolute Gasteiger partial charge is 0.265 e. The number of ether oxygens (including phenoxy) is 1. The molecule has 0 aliphatic rings. The second kappa shape index (κ2) is 7.70. The van der Waals surface area contributed by atoms with Crippen LogP contribution < -0.4 is 15.4 Å². The molecule has 0 heterocycles. The van der Waals surface area contributed by atoms with Gasteiger partial charge in [0.1, 0.15) is 5.75 Å². The molecule has 2 N–H and O–H groups in total. The third-order valence-electron chi connectivity index (χ3n) is 3.88. The summed E-state index contributed by atoms with van der Waals surface area (Å²) in [6.45, 7) is 3.15. The number of nitrogens with one attached hydrogen (secondary N) is 2. The number of carbonyl (C=O) groups excluding carboxylic acids is 2. The van der Waals surface area contributed by atoms with Gasteiger partial charge in [-0.3, -0.25) is 9.59 Å². The summed E-state index contributed by atoms with van der Waals surface area (Å²) in [6.07, 6.45) is -0.647. The maximum Gasteiger partial charge on any atom is 0.265 e. The molecule has 0 fully saturated rings. The monoisotopic (exact) mass is 348 g/mol. The molecule has 1 atom stereocenters. The SMILES string of the molecule is CC(=O)Nc1ccc(NC(=O)C(C)Oc2ccc3ccccc3c2)cc1. The molecule has 3 rings (SSSR count). The van der Waals surface area contributed by atoms with Crippen LogP contribution in [0.1, 0.15) is 13.8 Å². The largest absolute Gasteiger partial charge is 0.481 e. The predicted molar refractivity (Wildman–Crippen MR) is 103 cm³/mol. The molecule has 0 aliphatic heterocycles. The number of carbonyl (C=O) groups is 2. The fourth-order valence-electron chi connectivity index (χ4n) is 2.58. The zero-order valence-corrected chi connectivity index (χ0v) is 14.7. The van der Waals surface area contributed by atoms with Crippen LogP contribution in [0.25, 0.3) is 10.8 Å². The topological polar surface area (TPSA) is 67.4 Å². The normalized spacial score (nSPS) is 11.6. The van der Waals surface area contributed by atoms with E-state index in [-0.39, 0.29) is 11.8 Å². The molecule has 5 nitrogen and oxygen atoms in total. The Morgan fingerprint density at radius 3 is 2.12 bits per heavy atom. The summed E-state index contributed by atoms with van der Waals surface area (Å²) in [6, 6.07) is 20.6. The number of benzene rings is 3. The van der Waals surface area contributed by atoms with Gasteiger partial charge in [0.05, 0.1) is 0 Å². The number of anilines is 2. The summed E-state index contributed by atoms with van der Waals surface area (Å²) in [4.78, 5) is 23.4. The first-order valence-electron chi connectivity index (χ1n) is 8.35. The maximum absolute atomic E-state index is 12.3. The molecule has 1 unspecified atom stereocenters. The molecule has 3 aromatic rings. The van der Waals surface area contributed by atoms with E-state index in [0.717, 1.165) is 10.8 Å². The molecule has 5 heteroatoms. The molecule has 2 amide bonds. The number of rotatable bonds is 5. The van der Waals surface area contributed by atoms with Gasteiger partial charge in [-0.05, 0) is 54.1 Å². The Morgan fingerprint density at radius 1 is 0.846 bits per heavy atom. The van der Waals surface area contributed by atoms with Gasteiger partial charge in [-0.2, -0.15) is 0 Å². The van der Waals surface area contributed by atoms with E-state index in [2.05, 4.69) is 10.6 Å². The summed E-state index contributed by atoms with van der Waals surface area (Å²) >= 11 is 0. The van der Waals surface area contributed by atoms with Crippen molar-refractivity contribution < 1.29 is 14.3 Å². The highest BCUT2D eigenvalue weighted by Crippen LogP contribution is 2.22. The van der Waals surface area contributed by atoms with E-state index >= 15 is 0 Å². The van der Waals surface area contributed by atoms with Crippen LogP contribution in [0, 0.1) is 0 Å². The molecule has 0 radical (unpaired) electrons. The van der Waals surface area contributed by atoms with Gasteiger partial charge in [0, 0.05) is 18.3 Å². The summed E-state index contributed by atoms with van der Waals surface area (Å²) in [5, 5.41) is 7.66. The van der Waals surface area contributed by atoms with E-state index in [4.69, 9.17) is 4.74 Å². The predicted octanol–water partition coefficient (Wildman–Crippen LogP) is 4.20. The van der Waals surface area contributed by atoms with Crippen molar-refractivity contribution in [2.45, 2.75) is 20.0 Å². The second-order valence-electron chi connectivity index (χ2n) is 6.02. The first-order chi connectivity index (χ1) is 12.5. The van der Waals surface area contributed by atoms with Crippen LogP contribution in [-0.4, -0.2) is 17.9 Å². The Morgan fingerprint density at radius 2 is 1.46 bits per heavy atom. The lowest BCUT2D eigenvalue weighted by Crippen LogP contribution is -2.30. The molecule has 0 aliphatic carbocycles. The van der Waals surface area contributed by atoms with Gasteiger partial charge in [-0.25, -0.2) is 0 Å². The van der Waals surface area contributed by atoms with Crippen LogP contribution >= 0.6 is 0 Å². The third-order valence-corrected chi connectivity index (χ3v) is 3.88. The van der Waals surface area contributed by atoms with E-state index in [1.54, 1.807) is 31.2 Å².